The minimum atomic E-state index is -0.606. The van der Waals surface area contributed by atoms with Crippen LogP contribution in [-0.2, 0) is 11.2 Å². The van der Waals surface area contributed by atoms with Gasteiger partial charge in [-0.15, -0.1) is 0 Å². The van der Waals surface area contributed by atoms with E-state index in [2.05, 4.69) is 26.5 Å². The van der Waals surface area contributed by atoms with Gasteiger partial charge in [0.05, 0.1) is 30.2 Å². The Labute approximate surface area is 157 Å². The number of benzene rings is 2. The Balaban J connectivity index is 2.10. The molecule has 2 N–H and O–H groups in total. The number of rotatable bonds is 7. The van der Waals surface area contributed by atoms with E-state index in [1.54, 1.807) is 19.1 Å². The summed E-state index contributed by atoms with van der Waals surface area (Å²) in [5.74, 6) is -0.675. The lowest BCUT2D eigenvalue weighted by Gasteiger charge is -2.08. The minimum Gasteiger partial charge on any atom is -0.504 e. The summed E-state index contributed by atoms with van der Waals surface area (Å²) in [6.45, 7) is 1.92. The van der Waals surface area contributed by atoms with Gasteiger partial charge in [-0.25, -0.2) is 5.43 Å². The van der Waals surface area contributed by atoms with Crippen LogP contribution in [0.5, 0.6) is 11.5 Å². The van der Waals surface area contributed by atoms with Crippen LogP contribution < -0.4 is 10.2 Å². The lowest BCUT2D eigenvalue weighted by atomic mass is 10.1. The number of hydrogen-bond acceptors (Lipinski definition) is 6. The molecule has 26 heavy (non-hydrogen) atoms. The van der Waals surface area contributed by atoms with Crippen LogP contribution in [0, 0.1) is 10.1 Å². The van der Waals surface area contributed by atoms with E-state index in [4.69, 9.17) is 4.74 Å². The Hall–Kier alpha value is -2.94. The van der Waals surface area contributed by atoms with Crippen LogP contribution in [0.3, 0.4) is 0 Å². The summed E-state index contributed by atoms with van der Waals surface area (Å²) in [4.78, 5) is 22.3. The number of non-ortho nitro benzene ring substituents is 1. The molecule has 0 bridgehead atoms. The third kappa shape index (κ3) is 5.28. The molecule has 0 unspecified atom stereocenters. The van der Waals surface area contributed by atoms with Gasteiger partial charge in [-0.3, -0.25) is 14.9 Å². The Bertz CT molecular complexity index is 837. The van der Waals surface area contributed by atoms with Crippen LogP contribution in [-0.4, -0.2) is 28.8 Å². The monoisotopic (exact) mass is 421 g/mol. The number of nitrogens with zero attached hydrogens (tertiary/aromatic N) is 2. The first kappa shape index (κ1) is 19.4. The molecular formula is C17H16BrN3O5. The number of carbonyl (C=O) groups excluding carboxylic acids is 1. The third-order valence-corrected chi connectivity index (χ3v) is 3.80. The van der Waals surface area contributed by atoms with E-state index in [9.17, 15) is 20.0 Å². The Morgan fingerprint density at radius 2 is 2.08 bits per heavy atom. The molecular weight excluding hydrogens is 406 g/mol. The molecule has 0 atom stereocenters. The minimum absolute atomic E-state index is 0.0238. The normalized spacial score (nSPS) is 10.7. The van der Waals surface area contributed by atoms with Crippen molar-refractivity contribution in [1.82, 2.24) is 5.43 Å². The quantitative estimate of drug-likeness (QED) is 0.404. The fourth-order valence-corrected chi connectivity index (χ4v) is 2.35. The van der Waals surface area contributed by atoms with E-state index in [-0.39, 0.29) is 41.7 Å². The van der Waals surface area contributed by atoms with E-state index in [1.807, 2.05) is 12.1 Å². The second-order valence-electron chi connectivity index (χ2n) is 5.17. The van der Waals surface area contributed by atoms with Gasteiger partial charge >= 0.3 is 0 Å². The first-order valence-electron chi connectivity index (χ1n) is 7.61. The zero-order valence-corrected chi connectivity index (χ0v) is 15.4. The molecule has 0 saturated heterocycles. The number of hydrazone groups is 1. The van der Waals surface area contributed by atoms with Crippen LogP contribution in [0.25, 0.3) is 0 Å². The van der Waals surface area contributed by atoms with Gasteiger partial charge in [0.1, 0.15) is 0 Å². The smallest absolute Gasteiger partial charge is 0.274 e. The number of hydrogen-bond donors (Lipinski definition) is 2. The zero-order chi connectivity index (χ0) is 19.1. The Morgan fingerprint density at radius 3 is 2.69 bits per heavy atom. The van der Waals surface area contributed by atoms with E-state index >= 15 is 0 Å². The van der Waals surface area contributed by atoms with Crippen LogP contribution >= 0.6 is 15.9 Å². The number of aromatic hydroxyl groups is 1. The summed E-state index contributed by atoms with van der Waals surface area (Å²) in [5, 5.41) is 24.8. The highest BCUT2D eigenvalue weighted by Gasteiger charge is 2.16. The maximum atomic E-state index is 11.9. The van der Waals surface area contributed by atoms with Crippen LogP contribution in [0.15, 0.2) is 46.0 Å². The number of nitro groups is 1. The van der Waals surface area contributed by atoms with Gasteiger partial charge < -0.3 is 9.84 Å². The van der Waals surface area contributed by atoms with Crippen LogP contribution in [0.4, 0.5) is 5.69 Å². The van der Waals surface area contributed by atoms with E-state index in [0.717, 1.165) is 28.4 Å². The standard InChI is InChI=1S/C17H16BrN3O5/c1-2-26-15-9-14(21(24)25)8-12(17(15)23)10-19-20-16(22)7-11-3-5-13(18)6-4-11/h3-6,8-10,23H,2,7H2,1H3,(H,20,22)/b19-10-. The van der Waals surface area contributed by atoms with Crippen molar-refractivity contribution in [3.05, 3.63) is 62.1 Å². The molecule has 2 aromatic rings. The molecule has 0 saturated carbocycles. The summed E-state index contributed by atoms with van der Waals surface area (Å²) >= 11 is 3.31. The second kappa shape index (κ2) is 8.95. The van der Waals surface area contributed by atoms with Crippen LogP contribution in [0.2, 0.25) is 0 Å². The molecule has 0 spiro atoms. The molecule has 1 amide bonds. The maximum absolute atomic E-state index is 11.9. The molecule has 0 aromatic heterocycles. The molecule has 2 rings (SSSR count). The van der Waals surface area contributed by atoms with Gasteiger partial charge in [0, 0.05) is 16.1 Å². The van der Waals surface area contributed by atoms with E-state index in [0.29, 0.717) is 0 Å². The van der Waals surface area contributed by atoms with Crippen LogP contribution in [0.1, 0.15) is 18.1 Å². The molecule has 0 aliphatic heterocycles. The molecule has 0 aliphatic carbocycles. The highest BCUT2D eigenvalue weighted by Crippen LogP contribution is 2.33. The van der Waals surface area contributed by atoms with Gasteiger partial charge in [-0.2, -0.15) is 5.10 Å². The molecule has 2 aromatic carbocycles. The van der Waals surface area contributed by atoms with Crippen molar-refractivity contribution in [2.75, 3.05) is 6.61 Å². The SMILES string of the molecule is CCOc1cc([N+](=O)[O-])cc(/C=N\NC(=O)Cc2ccc(Br)cc2)c1O. The average Bonchev–Trinajstić information content (AvgIpc) is 2.60. The van der Waals surface area contributed by atoms with Gasteiger partial charge in [-0.05, 0) is 24.6 Å². The van der Waals surface area contributed by atoms with E-state index < -0.39 is 4.92 Å². The van der Waals surface area contributed by atoms with Gasteiger partial charge in [0.25, 0.3) is 5.69 Å². The van der Waals surface area contributed by atoms with Crippen molar-refractivity contribution in [2.45, 2.75) is 13.3 Å². The third-order valence-electron chi connectivity index (χ3n) is 3.27. The van der Waals surface area contributed by atoms with Gasteiger partial charge in [0.15, 0.2) is 11.5 Å². The average molecular weight is 422 g/mol. The molecule has 136 valence electrons. The summed E-state index contributed by atoms with van der Waals surface area (Å²) < 4.78 is 6.09. The van der Waals surface area contributed by atoms with Crippen molar-refractivity contribution < 1.29 is 19.6 Å². The number of halogens is 1. The Morgan fingerprint density at radius 1 is 1.38 bits per heavy atom. The Kier molecular flexibility index (Phi) is 6.67. The second-order valence-corrected chi connectivity index (χ2v) is 6.08. The van der Waals surface area contributed by atoms with Gasteiger partial charge in [-0.1, -0.05) is 28.1 Å². The molecule has 0 radical (unpaired) electrons. The van der Waals surface area contributed by atoms with Crippen molar-refractivity contribution in [3.8, 4) is 11.5 Å². The zero-order valence-electron chi connectivity index (χ0n) is 13.8. The lowest BCUT2D eigenvalue weighted by Crippen LogP contribution is -2.19. The highest BCUT2D eigenvalue weighted by atomic mass is 79.9. The van der Waals surface area contributed by atoms with Crippen molar-refractivity contribution in [3.63, 3.8) is 0 Å². The molecule has 8 nitrogen and oxygen atoms in total. The largest absolute Gasteiger partial charge is 0.504 e. The fourth-order valence-electron chi connectivity index (χ4n) is 2.08. The number of carbonyl (C=O) groups is 1. The summed E-state index contributed by atoms with van der Waals surface area (Å²) in [6, 6.07) is 9.51. The topological polar surface area (TPSA) is 114 Å². The molecule has 0 fully saturated rings. The molecule has 0 heterocycles. The lowest BCUT2D eigenvalue weighted by molar-refractivity contribution is -0.385. The first-order valence-corrected chi connectivity index (χ1v) is 8.40. The number of amides is 1. The number of phenols is 1. The van der Waals surface area contributed by atoms with Crippen molar-refractivity contribution in [2.24, 2.45) is 5.10 Å². The molecule has 0 aliphatic rings. The predicted molar refractivity (Wildman–Crippen MR) is 99.5 cm³/mol. The highest BCUT2D eigenvalue weighted by molar-refractivity contribution is 9.10. The fraction of sp³-hybridized carbons (Fsp3) is 0.176. The summed E-state index contributed by atoms with van der Waals surface area (Å²) in [5.41, 5.74) is 2.93. The number of ether oxygens (including phenoxy) is 1. The van der Waals surface area contributed by atoms with Gasteiger partial charge in [0.2, 0.25) is 5.91 Å². The summed E-state index contributed by atoms with van der Waals surface area (Å²) in [6.07, 6.45) is 1.25. The number of nitro benzene ring substituents is 1. The number of phenolic OH excluding ortho intramolecular Hbond substituents is 1. The van der Waals surface area contributed by atoms with E-state index in [1.165, 1.54) is 0 Å². The number of nitrogens with one attached hydrogen (secondary N) is 1. The first-order chi connectivity index (χ1) is 12.4. The summed E-state index contributed by atoms with van der Waals surface area (Å²) in [7, 11) is 0. The predicted octanol–water partition coefficient (Wildman–Crippen LogP) is 3.15. The maximum Gasteiger partial charge on any atom is 0.274 e. The molecule has 9 heteroatoms. The van der Waals surface area contributed by atoms with Crippen molar-refractivity contribution >= 4 is 33.7 Å². The van der Waals surface area contributed by atoms with Crippen molar-refractivity contribution in [1.29, 1.82) is 0 Å².